The zero-order valence-corrected chi connectivity index (χ0v) is 49.7. The number of quaternary nitrogens is 1. The zero-order valence-electron chi connectivity index (χ0n) is 48.8. The third-order valence-electron chi connectivity index (χ3n) is 13.1. The Bertz CT molecular complexity index is 1540. The van der Waals surface area contributed by atoms with Crippen LogP contribution in [0, 0.1) is 0 Å². The summed E-state index contributed by atoms with van der Waals surface area (Å²) in [6, 6.07) is -0.901. The van der Waals surface area contributed by atoms with Crippen molar-refractivity contribution in [2.75, 3.05) is 40.9 Å². The molecule has 0 radical (unpaired) electrons. The number of rotatable bonds is 54. The Kier molecular flexibility index (Phi) is 51.5. The van der Waals surface area contributed by atoms with Gasteiger partial charge in [-0.25, -0.2) is 0 Å². The Labute approximate surface area is 456 Å². The first-order valence-corrected chi connectivity index (χ1v) is 31.9. The number of ether oxygens (including phenoxy) is 1. The van der Waals surface area contributed by atoms with Crippen molar-refractivity contribution in [3.8, 4) is 0 Å². The summed E-state index contributed by atoms with van der Waals surface area (Å²) in [6.45, 7) is 6.67. The van der Waals surface area contributed by atoms with Gasteiger partial charge in [0.1, 0.15) is 19.3 Å². The summed E-state index contributed by atoms with van der Waals surface area (Å²) >= 11 is 0. The van der Waals surface area contributed by atoms with Crippen LogP contribution in [0.15, 0.2) is 85.1 Å². The highest BCUT2D eigenvalue weighted by molar-refractivity contribution is 7.45. The fraction of sp³-hybridized carbons (Fsp3) is 0.750. The van der Waals surface area contributed by atoms with Gasteiger partial charge in [-0.15, -0.1) is 0 Å². The van der Waals surface area contributed by atoms with E-state index in [1.807, 2.05) is 33.3 Å². The highest BCUT2D eigenvalue weighted by Crippen LogP contribution is 2.38. The monoisotopic (exact) mass is 1050 g/mol. The number of carbonyl (C=O) groups is 2. The van der Waals surface area contributed by atoms with Crippen LogP contribution in [0.4, 0.5) is 0 Å². The summed E-state index contributed by atoms with van der Waals surface area (Å²) in [5.41, 5.74) is 0. The minimum atomic E-state index is -4.71. The number of nitrogens with one attached hydrogen (secondary N) is 1. The maximum Gasteiger partial charge on any atom is 0.306 e. The highest BCUT2D eigenvalue weighted by Gasteiger charge is 2.27. The standard InChI is InChI=1S/C64H115N2O7P/c1-7-10-13-16-19-22-25-28-30-31-32-33-34-35-37-39-42-45-48-51-54-57-64(68)73-62(55-52-49-46-43-40-27-24-21-18-15-12-9-3)61(60-72-74(69,70)71-59-58-66(4,5)6)65-63(67)56-53-50-47-44-41-38-36-29-26-23-20-17-14-11-8-2/h11,14,17,19-20,22-23,26,28,30,32-33,52,55,61-62H,7-10,12-13,15-16,18,21,24-25,27,29,31,34-51,53-54,56-60H2,1-6H3,(H-,65,67,69,70)/b14-11+,20-17+,22-19-,26-23+,30-28-,33-32-,55-52-. The molecule has 0 heterocycles. The predicted octanol–water partition coefficient (Wildman–Crippen LogP) is 18.0. The van der Waals surface area contributed by atoms with Crippen molar-refractivity contribution in [2.24, 2.45) is 0 Å². The van der Waals surface area contributed by atoms with E-state index in [9.17, 15) is 19.0 Å². The van der Waals surface area contributed by atoms with Crippen molar-refractivity contribution in [1.82, 2.24) is 5.32 Å². The van der Waals surface area contributed by atoms with Crippen molar-refractivity contribution in [1.29, 1.82) is 0 Å². The molecule has 0 aromatic rings. The average Bonchev–Trinajstić information content (AvgIpc) is 3.36. The van der Waals surface area contributed by atoms with Crippen LogP contribution >= 0.6 is 7.82 Å². The van der Waals surface area contributed by atoms with Crippen LogP contribution in [0.3, 0.4) is 0 Å². The maximum atomic E-state index is 13.5. The molecular weight excluding hydrogens is 940 g/mol. The van der Waals surface area contributed by atoms with E-state index >= 15 is 0 Å². The SMILES string of the molecule is CC/C=C/C=C/C=C/CCCCCCCCCC(=O)NC(COP(=O)([O-])OCC[N+](C)(C)C)C(/C=C\CCCCCCCCCCCC)OC(=O)CCCCCCCCCC/C=C\C/C=C\C/C=C\CCCCC. The van der Waals surface area contributed by atoms with Crippen LogP contribution in [-0.4, -0.2) is 69.4 Å². The zero-order chi connectivity index (χ0) is 54.3. The minimum absolute atomic E-state index is 0.0296. The van der Waals surface area contributed by atoms with Crippen LogP contribution in [0.5, 0.6) is 0 Å². The normalized spacial score (nSPS) is 14.3. The van der Waals surface area contributed by atoms with Crippen LogP contribution < -0.4 is 10.2 Å². The molecule has 3 unspecified atom stereocenters. The van der Waals surface area contributed by atoms with Gasteiger partial charge in [-0.3, -0.25) is 14.2 Å². The number of carbonyl (C=O) groups excluding carboxylic acids is 2. The number of nitrogens with zero attached hydrogens (tertiary/aromatic N) is 1. The molecule has 0 spiro atoms. The fourth-order valence-corrected chi connectivity index (χ4v) is 9.13. The van der Waals surface area contributed by atoms with E-state index in [-0.39, 0.29) is 24.9 Å². The molecule has 0 rings (SSSR count). The van der Waals surface area contributed by atoms with E-state index in [0.29, 0.717) is 17.4 Å². The molecule has 0 saturated heterocycles. The topological polar surface area (TPSA) is 114 Å². The van der Waals surface area contributed by atoms with E-state index in [0.717, 1.165) is 103 Å². The lowest BCUT2D eigenvalue weighted by Crippen LogP contribution is -2.47. The van der Waals surface area contributed by atoms with Gasteiger partial charge in [0.05, 0.1) is 33.8 Å². The summed E-state index contributed by atoms with van der Waals surface area (Å²) < 4.78 is 30.3. The smallest absolute Gasteiger partial charge is 0.306 e. The average molecular weight is 1060 g/mol. The largest absolute Gasteiger partial charge is 0.756 e. The number of phosphoric ester groups is 1. The van der Waals surface area contributed by atoms with Crippen LogP contribution in [0.2, 0.25) is 0 Å². The van der Waals surface area contributed by atoms with E-state index in [1.165, 1.54) is 122 Å². The van der Waals surface area contributed by atoms with Crippen molar-refractivity contribution in [3.63, 3.8) is 0 Å². The molecule has 0 aliphatic carbocycles. The first-order chi connectivity index (χ1) is 35.9. The fourth-order valence-electron chi connectivity index (χ4n) is 8.41. The molecule has 10 heteroatoms. The second-order valence-electron chi connectivity index (χ2n) is 21.5. The van der Waals surface area contributed by atoms with Crippen molar-refractivity contribution >= 4 is 19.7 Å². The van der Waals surface area contributed by atoms with E-state index in [1.54, 1.807) is 0 Å². The number of unbranched alkanes of at least 4 members (excludes halogenated alkanes) is 28. The summed E-state index contributed by atoms with van der Waals surface area (Å²) in [5.74, 6) is -0.565. The summed E-state index contributed by atoms with van der Waals surface area (Å²) in [6.07, 6.45) is 69.7. The molecule has 1 amide bonds. The summed E-state index contributed by atoms with van der Waals surface area (Å²) in [7, 11) is 1.16. The first kappa shape index (κ1) is 71.2. The summed E-state index contributed by atoms with van der Waals surface area (Å²) in [5, 5.41) is 3.02. The minimum Gasteiger partial charge on any atom is -0.756 e. The molecule has 0 aromatic heterocycles. The Morgan fingerprint density at radius 3 is 1.43 bits per heavy atom. The van der Waals surface area contributed by atoms with Crippen LogP contribution in [0.1, 0.15) is 258 Å². The van der Waals surface area contributed by atoms with Gasteiger partial charge < -0.3 is 28.5 Å². The van der Waals surface area contributed by atoms with Gasteiger partial charge in [0.25, 0.3) is 7.82 Å². The predicted molar refractivity (Wildman–Crippen MR) is 316 cm³/mol. The van der Waals surface area contributed by atoms with Crippen LogP contribution in [0.25, 0.3) is 0 Å². The number of amides is 1. The quantitative estimate of drug-likeness (QED) is 0.0161. The van der Waals surface area contributed by atoms with E-state index in [2.05, 4.69) is 99.0 Å². The van der Waals surface area contributed by atoms with Crippen molar-refractivity contribution in [3.05, 3.63) is 85.1 Å². The molecule has 9 nitrogen and oxygen atoms in total. The molecule has 0 aliphatic heterocycles. The number of hydrogen-bond donors (Lipinski definition) is 1. The van der Waals surface area contributed by atoms with Gasteiger partial charge in [-0.1, -0.05) is 241 Å². The molecule has 74 heavy (non-hydrogen) atoms. The maximum absolute atomic E-state index is 13.5. The third-order valence-corrected chi connectivity index (χ3v) is 14.1. The second-order valence-corrected chi connectivity index (χ2v) is 22.9. The molecule has 1 N–H and O–H groups in total. The lowest BCUT2D eigenvalue weighted by molar-refractivity contribution is -0.870. The van der Waals surface area contributed by atoms with Crippen molar-refractivity contribution in [2.45, 2.75) is 270 Å². The number of allylic oxidation sites excluding steroid dienone is 13. The van der Waals surface area contributed by atoms with Gasteiger partial charge in [-0.2, -0.15) is 0 Å². The molecule has 3 atom stereocenters. The first-order valence-electron chi connectivity index (χ1n) is 30.4. The number of likely N-dealkylation sites (N-methyl/N-ethyl adjacent to an activating group) is 1. The Morgan fingerprint density at radius 2 is 0.919 bits per heavy atom. The third kappa shape index (κ3) is 54.0. The molecule has 0 aliphatic rings. The number of hydrogen-bond acceptors (Lipinski definition) is 7. The highest BCUT2D eigenvalue weighted by atomic mass is 31.2. The molecule has 0 saturated carbocycles. The van der Waals surface area contributed by atoms with E-state index < -0.39 is 26.6 Å². The van der Waals surface area contributed by atoms with E-state index in [4.69, 9.17) is 13.8 Å². The van der Waals surface area contributed by atoms with Gasteiger partial charge in [-0.05, 0) is 89.5 Å². The van der Waals surface area contributed by atoms with Crippen molar-refractivity contribution < 1.29 is 37.3 Å². The van der Waals surface area contributed by atoms with Crippen LogP contribution in [-0.2, 0) is 27.9 Å². The lowest BCUT2D eigenvalue weighted by Gasteiger charge is -2.30. The second kappa shape index (κ2) is 53.6. The molecular formula is C64H115N2O7P. The Morgan fingerprint density at radius 1 is 0.500 bits per heavy atom. The van der Waals surface area contributed by atoms with Gasteiger partial charge in [0.2, 0.25) is 5.91 Å². The van der Waals surface area contributed by atoms with Gasteiger partial charge in [0.15, 0.2) is 0 Å². The molecule has 0 fully saturated rings. The molecule has 0 bridgehead atoms. The Hall–Kier alpha value is -2.81. The molecule has 0 aromatic carbocycles. The summed E-state index contributed by atoms with van der Waals surface area (Å²) in [4.78, 5) is 39.9. The van der Waals surface area contributed by atoms with Gasteiger partial charge in [0, 0.05) is 12.8 Å². The Balaban J connectivity index is 5.28. The number of esters is 1. The van der Waals surface area contributed by atoms with Gasteiger partial charge >= 0.3 is 5.97 Å². The molecule has 428 valence electrons. The number of phosphoric acid groups is 1. The lowest BCUT2D eigenvalue weighted by atomic mass is 10.0.